The molecule has 0 aliphatic carbocycles. The van der Waals surface area contributed by atoms with Crippen molar-refractivity contribution in [1.82, 2.24) is 0 Å². The highest BCUT2D eigenvalue weighted by molar-refractivity contribution is 8.16. The Bertz CT molecular complexity index is 507. The Morgan fingerprint density at radius 1 is 1.50 bits per heavy atom. The SMILES string of the molecule is CC1=C(O)[C@](C)(/C=C(\C)COC(=O)C(F)(F)F)SC1=O. The summed E-state index contributed by atoms with van der Waals surface area (Å²) >= 11 is 0.850. The van der Waals surface area contributed by atoms with Gasteiger partial charge in [0.2, 0.25) is 5.12 Å². The predicted molar refractivity (Wildman–Crippen MR) is 67.1 cm³/mol. The first-order valence-electron chi connectivity index (χ1n) is 5.53. The largest absolute Gasteiger partial charge is 0.510 e. The molecule has 0 radical (unpaired) electrons. The summed E-state index contributed by atoms with van der Waals surface area (Å²) in [6.45, 7) is 3.90. The molecular weight excluding hydrogens is 297 g/mol. The van der Waals surface area contributed by atoms with E-state index in [1.165, 1.54) is 19.9 Å². The average molecular weight is 310 g/mol. The van der Waals surface area contributed by atoms with Gasteiger partial charge in [0.1, 0.15) is 12.4 Å². The molecule has 4 nitrogen and oxygen atoms in total. The second kappa shape index (κ2) is 5.51. The number of aliphatic hydroxyl groups is 1. The predicted octanol–water partition coefficient (Wildman–Crippen LogP) is 2.90. The van der Waals surface area contributed by atoms with E-state index in [-0.39, 0.29) is 16.4 Å². The highest BCUT2D eigenvalue weighted by atomic mass is 32.2. The fraction of sp³-hybridized carbons (Fsp3) is 0.500. The lowest BCUT2D eigenvalue weighted by Gasteiger charge is -2.19. The lowest BCUT2D eigenvalue weighted by molar-refractivity contribution is -0.198. The van der Waals surface area contributed by atoms with Crippen molar-refractivity contribution in [2.24, 2.45) is 0 Å². The molecule has 1 heterocycles. The zero-order chi connectivity index (χ0) is 15.7. The van der Waals surface area contributed by atoms with Gasteiger partial charge >= 0.3 is 12.1 Å². The van der Waals surface area contributed by atoms with Crippen LogP contribution in [0.25, 0.3) is 0 Å². The summed E-state index contributed by atoms with van der Waals surface area (Å²) in [5.74, 6) is -2.42. The Morgan fingerprint density at radius 2 is 2.05 bits per heavy atom. The van der Waals surface area contributed by atoms with Crippen molar-refractivity contribution in [3.63, 3.8) is 0 Å². The summed E-state index contributed by atoms with van der Waals surface area (Å²) in [6, 6.07) is 0. The number of carbonyl (C=O) groups excluding carboxylic acids is 2. The lowest BCUT2D eigenvalue weighted by Crippen LogP contribution is -2.26. The molecule has 8 heteroatoms. The quantitative estimate of drug-likeness (QED) is 0.641. The number of carbonyl (C=O) groups is 2. The zero-order valence-corrected chi connectivity index (χ0v) is 11.8. The van der Waals surface area contributed by atoms with Crippen LogP contribution in [0.5, 0.6) is 0 Å². The third kappa shape index (κ3) is 3.56. The number of esters is 1. The Kier molecular flexibility index (Phi) is 4.58. The lowest BCUT2D eigenvalue weighted by atomic mass is 10.0. The zero-order valence-electron chi connectivity index (χ0n) is 11.0. The summed E-state index contributed by atoms with van der Waals surface area (Å²) < 4.78 is 38.9. The number of hydrogen-bond acceptors (Lipinski definition) is 5. The molecule has 0 spiro atoms. The van der Waals surface area contributed by atoms with Crippen LogP contribution in [0.1, 0.15) is 20.8 Å². The van der Waals surface area contributed by atoms with Gasteiger partial charge in [-0.15, -0.1) is 0 Å². The molecule has 20 heavy (non-hydrogen) atoms. The molecular formula is C12H13F3O4S. The van der Waals surface area contributed by atoms with Crippen LogP contribution in [0.15, 0.2) is 23.0 Å². The molecule has 1 atom stereocenters. The number of thioether (sulfide) groups is 1. The Morgan fingerprint density at radius 3 is 2.45 bits per heavy atom. The maximum atomic E-state index is 12.0. The minimum Gasteiger partial charge on any atom is -0.510 e. The van der Waals surface area contributed by atoms with Crippen molar-refractivity contribution in [3.05, 3.63) is 23.0 Å². The molecule has 0 aromatic rings. The van der Waals surface area contributed by atoms with E-state index in [0.717, 1.165) is 11.8 Å². The van der Waals surface area contributed by atoms with Crippen molar-refractivity contribution in [1.29, 1.82) is 0 Å². The number of halogens is 3. The molecule has 1 N–H and O–H groups in total. The summed E-state index contributed by atoms with van der Waals surface area (Å²) in [6.07, 6.45) is -3.63. The summed E-state index contributed by atoms with van der Waals surface area (Å²) in [5, 5.41) is 9.54. The number of rotatable bonds is 3. The van der Waals surface area contributed by atoms with Crippen molar-refractivity contribution in [2.75, 3.05) is 6.61 Å². The number of aliphatic hydroxyl groups excluding tert-OH is 1. The van der Waals surface area contributed by atoms with Crippen LogP contribution in [0.4, 0.5) is 13.2 Å². The molecule has 0 unspecified atom stereocenters. The molecule has 1 rings (SSSR count). The van der Waals surface area contributed by atoms with E-state index in [1.54, 1.807) is 6.92 Å². The second-order valence-corrected chi connectivity index (χ2v) is 5.96. The van der Waals surface area contributed by atoms with Gasteiger partial charge in [-0.2, -0.15) is 13.2 Å². The Labute approximate surface area is 117 Å². The van der Waals surface area contributed by atoms with E-state index in [0.29, 0.717) is 5.57 Å². The van der Waals surface area contributed by atoms with E-state index in [9.17, 15) is 27.9 Å². The standard InChI is InChI=1S/C12H13F3O4S/c1-6(5-19-10(18)12(13,14)15)4-11(3)8(16)7(2)9(17)20-11/h4,16H,5H2,1-3H3/b6-4+/t11-/m0/s1. The van der Waals surface area contributed by atoms with E-state index in [2.05, 4.69) is 4.74 Å². The van der Waals surface area contributed by atoms with Crippen molar-refractivity contribution in [2.45, 2.75) is 31.7 Å². The van der Waals surface area contributed by atoms with Crippen molar-refractivity contribution < 1.29 is 32.6 Å². The first kappa shape index (κ1) is 16.6. The normalized spacial score (nSPS) is 24.3. The van der Waals surface area contributed by atoms with Crippen LogP contribution in [-0.4, -0.2) is 33.7 Å². The average Bonchev–Trinajstić information content (AvgIpc) is 2.49. The smallest absolute Gasteiger partial charge is 0.490 e. The van der Waals surface area contributed by atoms with E-state index < -0.39 is 23.5 Å². The summed E-state index contributed by atoms with van der Waals surface area (Å²) in [5.41, 5.74) is 0.500. The minimum absolute atomic E-state index is 0.144. The first-order valence-corrected chi connectivity index (χ1v) is 6.35. The van der Waals surface area contributed by atoms with Gasteiger partial charge in [-0.1, -0.05) is 17.8 Å². The van der Waals surface area contributed by atoms with Crippen molar-refractivity contribution >= 4 is 22.8 Å². The van der Waals surface area contributed by atoms with Crippen LogP contribution in [-0.2, 0) is 14.3 Å². The van der Waals surface area contributed by atoms with Gasteiger partial charge in [-0.05, 0) is 26.3 Å². The van der Waals surface area contributed by atoms with Crippen LogP contribution < -0.4 is 0 Å². The molecule has 0 amide bonds. The van der Waals surface area contributed by atoms with Gasteiger partial charge in [0, 0.05) is 5.57 Å². The topological polar surface area (TPSA) is 63.6 Å². The minimum atomic E-state index is -5.04. The second-order valence-electron chi connectivity index (χ2n) is 4.53. The highest BCUT2D eigenvalue weighted by Crippen LogP contribution is 2.43. The molecule has 1 aliphatic rings. The maximum absolute atomic E-state index is 12.0. The number of hydrogen-bond donors (Lipinski definition) is 1. The van der Waals surface area contributed by atoms with Crippen LogP contribution in [0.3, 0.4) is 0 Å². The molecule has 0 aromatic carbocycles. The van der Waals surface area contributed by atoms with Gasteiger partial charge in [0.15, 0.2) is 0 Å². The molecule has 0 aromatic heterocycles. The van der Waals surface area contributed by atoms with Gasteiger partial charge < -0.3 is 9.84 Å². The van der Waals surface area contributed by atoms with Crippen molar-refractivity contribution in [3.8, 4) is 0 Å². The van der Waals surface area contributed by atoms with Gasteiger partial charge in [-0.25, -0.2) is 4.79 Å². The molecule has 0 saturated heterocycles. The fourth-order valence-electron chi connectivity index (χ4n) is 1.66. The third-order valence-electron chi connectivity index (χ3n) is 2.62. The first-order chi connectivity index (χ1) is 8.97. The third-order valence-corrected chi connectivity index (χ3v) is 3.85. The molecule has 0 saturated carbocycles. The van der Waals surface area contributed by atoms with Gasteiger partial charge in [0.25, 0.3) is 0 Å². The van der Waals surface area contributed by atoms with Crippen LogP contribution >= 0.6 is 11.8 Å². The van der Waals surface area contributed by atoms with Gasteiger partial charge in [0.05, 0.1) is 4.75 Å². The summed E-state index contributed by atoms with van der Waals surface area (Å²) in [7, 11) is 0. The summed E-state index contributed by atoms with van der Waals surface area (Å²) in [4.78, 5) is 22.0. The number of ether oxygens (including phenoxy) is 1. The fourth-order valence-corrected chi connectivity index (χ4v) is 2.80. The highest BCUT2D eigenvalue weighted by Gasteiger charge is 2.42. The molecule has 112 valence electrons. The van der Waals surface area contributed by atoms with Gasteiger partial charge in [-0.3, -0.25) is 4.79 Å². The van der Waals surface area contributed by atoms with E-state index in [4.69, 9.17) is 0 Å². The maximum Gasteiger partial charge on any atom is 0.490 e. The van der Waals surface area contributed by atoms with E-state index in [1.807, 2.05) is 0 Å². The van der Waals surface area contributed by atoms with Crippen LogP contribution in [0, 0.1) is 0 Å². The Balaban J connectivity index is 2.76. The van der Waals surface area contributed by atoms with Crippen LogP contribution in [0.2, 0.25) is 0 Å². The number of alkyl halides is 3. The monoisotopic (exact) mass is 310 g/mol. The molecule has 1 aliphatic heterocycles. The molecule has 0 fully saturated rings. The Hall–Kier alpha value is -1.44. The van der Waals surface area contributed by atoms with E-state index >= 15 is 0 Å². The molecule has 0 bridgehead atoms.